The normalized spacial score (nSPS) is 10.3. The third kappa shape index (κ3) is 5.07. The van der Waals surface area contributed by atoms with E-state index < -0.39 is 0 Å². The molecule has 110 valence electrons. The van der Waals surface area contributed by atoms with Crippen LogP contribution >= 0.6 is 0 Å². The molecule has 0 heterocycles. The molecule has 0 aliphatic heterocycles. The fourth-order valence-electron chi connectivity index (χ4n) is 2.35. The zero-order valence-electron chi connectivity index (χ0n) is 12.5. The van der Waals surface area contributed by atoms with Gasteiger partial charge in [-0.05, 0) is 37.0 Å². The minimum atomic E-state index is 0.250. The van der Waals surface area contributed by atoms with Gasteiger partial charge in [0.05, 0.1) is 7.11 Å². The summed E-state index contributed by atoms with van der Waals surface area (Å²) in [5, 5.41) is 0. The van der Waals surface area contributed by atoms with Crippen molar-refractivity contribution in [2.24, 2.45) is 0 Å². The molecule has 2 aromatic carbocycles. The van der Waals surface area contributed by atoms with E-state index in [1.165, 1.54) is 5.56 Å². The molecule has 0 aliphatic rings. The van der Waals surface area contributed by atoms with Gasteiger partial charge in [-0.15, -0.1) is 0 Å². The Hall–Kier alpha value is -2.09. The van der Waals surface area contributed by atoms with Gasteiger partial charge in [0.25, 0.3) is 0 Å². The quantitative estimate of drug-likeness (QED) is 0.519. The van der Waals surface area contributed by atoms with Crippen molar-refractivity contribution in [2.75, 3.05) is 7.11 Å². The molecule has 0 saturated heterocycles. The first-order chi connectivity index (χ1) is 10.3. The van der Waals surface area contributed by atoms with Crippen molar-refractivity contribution in [3.8, 4) is 5.75 Å². The molecule has 0 amide bonds. The number of benzene rings is 2. The van der Waals surface area contributed by atoms with Crippen molar-refractivity contribution in [1.82, 2.24) is 0 Å². The van der Waals surface area contributed by atoms with Crippen LogP contribution in [0.2, 0.25) is 0 Å². The summed E-state index contributed by atoms with van der Waals surface area (Å²) in [6.07, 6.45) is 4.87. The van der Waals surface area contributed by atoms with E-state index in [9.17, 15) is 4.79 Å². The summed E-state index contributed by atoms with van der Waals surface area (Å²) in [6.45, 7) is 0. The fourth-order valence-corrected chi connectivity index (χ4v) is 2.35. The molecular formula is C19H22O2. The zero-order valence-corrected chi connectivity index (χ0v) is 12.5. The van der Waals surface area contributed by atoms with E-state index in [0.717, 1.165) is 37.0 Å². The molecule has 21 heavy (non-hydrogen) atoms. The number of aryl methyl sites for hydroxylation is 1. The number of ketones is 1. The third-order valence-electron chi connectivity index (χ3n) is 3.62. The fraction of sp³-hybridized carbons (Fsp3) is 0.316. The van der Waals surface area contributed by atoms with Crippen molar-refractivity contribution in [3.05, 3.63) is 65.7 Å². The predicted octanol–water partition coefficient (Wildman–Crippen LogP) is 4.68. The van der Waals surface area contributed by atoms with Gasteiger partial charge in [-0.1, -0.05) is 48.9 Å². The van der Waals surface area contributed by atoms with Crippen molar-refractivity contribution < 1.29 is 9.53 Å². The second-order valence-corrected chi connectivity index (χ2v) is 5.20. The Kier molecular flexibility index (Phi) is 6.01. The van der Waals surface area contributed by atoms with Gasteiger partial charge in [-0.2, -0.15) is 0 Å². The lowest BCUT2D eigenvalue weighted by atomic mass is 10.0. The van der Waals surface area contributed by atoms with Crippen LogP contribution in [0.1, 0.15) is 41.6 Å². The highest BCUT2D eigenvalue weighted by molar-refractivity contribution is 5.95. The average molecular weight is 282 g/mol. The lowest BCUT2D eigenvalue weighted by Crippen LogP contribution is -1.98. The monoisotopic (exact) mass is 282 g/mol. The molecule has 2 heteroatoms. The van der Waals surface area contributed by atoms with Crippen molar-refractivity contribution >= 4 is 5.78 Å². The number of unbranched alkanes of at least 4 members (excludes halogenated alkanes) is 2. The van der Waals surface area contributed by atoms with Crippen LogP contribution in [0.5, 0.6) is 5.75 Å². The van der Waals surface area contributed by atoms with Gasteiger partial charge >= 0.3 is 0 Å². The molecule has 0 radical (unpaired) electrons. The minimum Gasteiger partial charge on any atom is -0.497 e. The first kappa shape index (κ1) is 15.3. The van der Waals surface area contributed by atoms with Crippen LogP contribution in [0, 0.1) is 0 Å². The second kappa shape index (κ2) is 8.25. The molecule has 2 nitrogen and oxygen atoms in total. The first-order valence-corrected chi connectivity index (χ1v) is 7.51. The van der Waals surface area contributed by atoms with Gasteiger partial charge in [0, 0.05) is 12.0 Å². The molecule has 0 aliphatic carbocycles. The molecule has 0 spiro atoms. The molecule has 2 rings (SSSR count). The van der Waals surface area contributed by atoms with Gasteiger partial charge in [0.15, 0.2) is 5.78 Å². The Morgan fingerprint density at radius 2 is 1.62 bits per heavy atom. The van der Waals surface area contributed by atoms with E-state index >= 15 is 0 Å². The maximum absolute atomic E-state index is 11.9. The van der Waals surface area contributed by atoms with E-state index in [2.05, 4.69) is 12.1 Å². The molecule has 0 N–H and O–H groups in total. The maximum Gasteiger partial charge on any atom is 0.162 e. The third-order valence-corrected chi connectivity index (χ3v) is 3.62. The van der Waals surface area contributed by atoms with Gasteiger partial charge < -0.3 is 4.74 Å². The number of hydrogen-bond donors (Lipinski definition) is 0. The molecule has 0 unspecified atom stereocenters. The van der Waals surface area contributed by atoms with Crippen LogP contribution < -0.4 is 4.74 Å². The topological polar surface area (TPSA) is 26.3 Å². The van der Waals surface area contributed by atoms with Crippen LogP contribution in [-0.4, -0.2) is 12.9 Å². The zero-order chi connectivity index (χ0) is 14.9. The smallest absolute Gasteiger partial charge is 0.162 e. The Morgan fingerprint density at radius 3 is 2.29 bits per heavy atom. The highest BCUT2D eigenvalue weighted by Crippen LogP contribution is 2.14. The van der Waals surface area contributed by atoms with Crippen LogP contribution in [0.25, 0.3) is 0 Å². The summed E-state index contributed by atoms with van der Waals surface area (Å²) in [7, 11) is 1.68. The number of methoxy groups -OCH3 is 1. The highest BCUT2D eigenvalue weighted by atomic mass is 16.5. The summed E-state index contributed by atoms with van der Waals surface area (Å²) >= 11 is 0. The van der Waals surface area contributed by atoms with Gasteiger partial charge in [-0.3, -0.25) is 4.79 Å². The van der Waals surface area contributed by atoms with Gasteiger partial charge in [0.2, 0.25) is 0 Å². The average Bonchev–Trinajstić information content (AvgIpc) is 2.55. The highest BCUT2D eigenvalue weighted by Gasteiger charge is 2.04. The SMILES string of the molecule is COc1ccc(CCCCCC(=O)c2ccccc2)cc1. The van der Waals surface area contributed by atoms with Gasteiger partial charge in [-0.25, -0.2) is 0 Å². The van der Waals surface area contributed by atoms with Crippen molar-refractivity contribution in [1.29, 1.82) is 0 Å². The maximum atomic E-state index is 11.9. The molecular weight excluding hydrogens is 260 g/mol. The number of carbonyl (C=O) groups excluding carboxylic acids is 1. The van der Waals surface area contributed by atoms with Crippen LogP contribution in [-0.2, 0) is 6.42 Å². The Labute approximate surface area is 126 Å². The molecule has 0 atom stereocenters. The number of ether oxygens (including phenoxy) is 1. The molecule has 2 aromatic rings. The summed E-state index contributed by atoms with van der Waals surface area (Å²) in [4.78, 5) is 11.9. The van der Waals surface area contributed by atoms with E-state index in [1.807, 2.05) is 42.5 Å². The Balaban J connectivity index is 1.64. The number of carbonyl (C=O) groups is 1. The Morgan fingerprint density at radius 1 is 0.905 bits per heavy atom. The summed E-state index contributed by atoms with van der Waals surface area (Å²) in [6, 6.07) is 17.7. The summed E-state index contributed by atoms with van der Waals surface area (Å²) < 4.78 is 5.14. The largest absolute Gasteiger partial charge is 0.497 e. The van der Waals surface area contributed by atoms with E-state index in [-0.39, 0.29) is 5.78 Å². The van der Waals surface area contributed by atoms with E-state index in [1.54, 1.807) is 7.11 Å². The lowest BCUT2D eigenvalue weighted by Gasteiger charge is -2.04. The van der Waals surface area contributed by atoms with E-state index in [4.69, 9.17) is 4.74 Å². The molecule has 0 bridgehead atoms. The standard InChI is InChI=1S/C19H22O2/c1-21-18-14-12-16(13-15-18)8-4-2-7-11-19(20)17-9-5-3-6-10-17/h3,5-6,9-10,12-15H,2,4,7-8,11H2,1H3. The molecule has 0 saturated carbocycles. The Bertz CT molecular complexity index is 544. The van der Waals surface area contributed by atoms with Crippen molar-refractivity contribution in [3.63, 3.8) is 0 Å². The molecule has 0 fully saturated rings. The number of rotatable bonds is 8. The first-order valence-electron chi connectivity index (χ1n) is 7.51. The van der Waals surface area contributed by atoms with E-state index in [0.29, 0.717) is 6.42 Å². The second-order valence-electron chi connectivity index (χ2n) is 5.20. The number of hydrogen-bond acceptors (Lipinski definition) is 2. The predicted molar refractivity (Wildman–Crippen MR) is 85.9 cm³/mol. The van der Waals surface area contributed by atoms with Crippen LogP contribution in [0.3, 0.4) is 0 Å². The summed E-state index contributed by atoms with van der Waals surface area (Å²) in [5.74, 6) is 1.15. The lowest BCUT2D eigenvalue weighted by molar-refractivity contribution is 0.0979. The van der Waals surface area contributed by atoms with Crippen molar-refractivity contribution in [2.45, 2.75) is 32.1 Å². The van der Waals surface area contributed by atoms with Crippen LogP contribution in [0.4, 0.5) is 0 Å². The molecule has 0 aromatic heterocycles. The van der Waals surface area contributed by atoms with Gasteiger partial charge in [0.1, 0.15) is 5.75 Å². The van der Waals surface area contributed by atoms with Crippen LogP contribution in [0.15, 0.2) is 54.6 Å². The minimum absolute atomic E-state index is 0.250. The number of Topliss-reactive ketones (excluding diaryl/α,β-unsaturated/α-hetero) is 1. The summed E-state index contributed by atoms with van der Waals surface area (Å²) in [5.41, 5.74) is 2.15.